The largest absolute Gasteiger partial charge is 0.348 e. The van der Waals surface area contributed by atoms with Crippen molar-refractivity contribution in [2.45, 2.75) is 17.9 Å². The molecule has 0 heterocycles. The van der Waals surface area contributed by atoms with E-state index in [0.717, 1.165) is 23.8 Å². The van der Waals surface area contributed by atoms with Gasteiger partial charge in [0.1, 0.15) is 11.6 Å². The first kappa shape index (κ1) is 18.0. The predicted octanol–water partition coefficient (Wildman–Crippen LogP) is 2.12. The Morgan fingerprint density at radius 2 is 1.62 bits per heavy atom. The first-order chi connectivity index (χ1) is 11.3. The maximum Gasteiger partial charge on any atom is 0.246 e. The van der Waals surface area contributed by atoms with Crippen LogP contribution >= 0.6 is 0 Å². The smallest absolute Gasteiger partial charge is 0.246 e. The monoisotopic (exact) mass is 354 g/mol. The summed E-state index contributed by atoms with van der Waals surface area (Å²) in [4.78, 5) is 10.7. The lowest BCUT2D eigenvalue weighted by Crippen LogP contribution is -2.38. The average Bonchev–Trinajstić information content (AvgIpc) is 2.53. The third-order valence-corrected chi connectivity index (χ3v) is 4.74. The summed E-state index contributed by atoms with van der Waals surface area (Å²) in [6.45, 7) is 1.10. The summed E-state index contributed by atoms with van der Waals surface area (Å²) in [7, 11) is -4.48. The number of sulfonamides is 1. The molecule has 8 heteroatoms. The predicted molar refractivity (Wildman–Crippen MR) is 84.5 cm³/mol. The molecule has 0 saturated carbocycles. The summed E-state index contributed by atoms with van der Waals surface area (Å²) in [6, 6.07) is 11.4. The first-order valence-electron chi connectivity index (χ1n) is 7.09. The lowest BCUT2D eigenvalue weighted by Gasteiger charge is -2.15. The molecule has 0 saturated heterocycles. The van der Waals surface area contributed by atoms with Crippen molar-refractivity contribution in [3.63, 3.8) is 0 Å². The van der Waals surface area contributed by atoms with Crippen molar-refractivity contribution in [3.8, 4) is 0 Å². The van der Waals surface area contributed by atoms with E-state index in [4.69, 9.17) is 0 Å². The van der Waals surface area contributed by atoms with Gasteiger partial charge in [0.25, 0.3) is 0 Å². The number of amides is 1. The van der Waals surface area contributed by atoms with Gasteiger partial charge in [0.2, 0.25) is 15.9 Å². The van der Waals surface area contributed by atoms with Crippen LogP contribution in [0.4, 0.5) is 8.78 Å². The van der Waals surface area contributed by atoms with Gasteiger partial charge in [0.05, 0.1) is 12.6 Å². The number of rotatable bonds is 6. The van der Waals surface area contributed by atoms with Crippen LogP contribution in [-0.2, 0) is 14.8 Å². The number of benzene rings is 2. The molecule has 2 N–H and O–H groups in total. The van der Waals surface area contributed by atoms with Gasteiger partial charge in [-0.2, -0.15) is 0 Å². The molecule has 0 spiro atoms. The summed E-state index contributed by atoms with van der Waals surface area (Å²) in [6.07, 6.45) is 0. The number of carbonyl (C=O) groups excluding carboxylic acids is 1. The van der Waals surface area contributed by atoms with E-state index >= 15 is 0 Å². The van der Waals surface area contributed by atoms with Crippen molar-refractivity contribution in [2.24, 2.45) is 0 Å². The summed E-state index contributed by atoms with van der Waals surface area (Å²) in [5.41, 5.74) is 0.842. The number of carbonyl (C=O) groups is 1. The zero-order chi connectivity index (χ0) is 17.7. The van der Waals surface area contributed by atoms with Gasteiger partial charge in [0.15, 0.2) is 4.90 Å². The molecule has 0 aliphatic rings. The number of halogens is 2. The second-order valence-electron chi connectivity index (χ2n) is 5.08. The molecule has 0 fully saturated rings. The van der Waals surface area contributed by atoms with Crippen LogP contribution in [0.3, 0.4) is 0 Å². The van der Waals surface area contributed by atoms with Crippen LogP contribution in [0, 0.1) is 11.6 Å². The maximum atomic E-state index is 13.5. The van der Waals surface area contributed by atoms with E-state index in [9.17, 15) is 22.0 Å². The standard InChI is InChI=1S/C16H16F2N2O3S/c1-11(12-6-3-2-4-7-12)20-15(21)10-19-24(22,23)16-13(17)8-5-9-14(16)18/h2-9,11,19H,10H2,1H3,(H,20,21)/t11-/m0/s1. The molecular weight excluding hydrogens is 338 g/mol. The average molecular weight is 354 g/mol. The molecule has 2 rings (SSSR count). The van der Waals surface area contributed by atoms with Crippen molar-refractivity contribution >= 4 is 15.9 Å². The highest BCUT2D eigenvalue weighted by molar-refractivity contribution is 7.89. The molecule has 0 radical (unpaired) electrons. The normalized spacial score (nSPS) is 12.6. The zero-order valence-corrected chi connectivity index (χ0v) is 13.6. The molecule has 1 amide bonds. The van der Waals surface area contributed by atoms with Gasteiger partial charge < -0.3 is 5.32 Å². The van der Waals surface area contributed by atoms with E-state index < -0.39 is 39.0 Å². The van der Waals surface area contributed by atoms with Crippen molar-refractivity contribution < 1.29 is 22.0 Å². The third kappa shape index (κ3) is 4.36. The van der Waals surface area contributed by atoms with E-state index in [1.807, 2.05) is 35.1 Å². The first-order valence-corrected chi connectivity index (χ1v) is 8.57. The van der Waals surface area contributed by atoms with E-state index in [2.05, 4.69) is 5.32 Å². The highest BCUT2D eigenvalue weighted by Crippen LogP contribution is 2.17. The molecule has 0 aliphatic carbocycles. The van der Waals surface area contributed by atoms with E-state index in [1.54, 1.807) is 6.92 Å². The fourth-order valence-corrected chi connectivity index (χ4v) is 3.20. The van der Waals surface area contributed by atoms with Crippen molar-refractivity contribution in [1.82, 2.24) is 10.0 Å². The van der Waals surface area contributed by atoms with Crippen LogP contribution in [0.15, 0.2) is 53.4 Å². The van der Waals surface area contributed by atoms with Gasteiger partial charge in [-0.15, -0.1) is 0 Å². The van der Waals surface area contributed by atoms with Crippen LogP contribution in [0.1, 0.15) is 18.5 Å². The van der Waals surface area contributed by atoms with Crippen molar-refractivity contribution in [1.29, 1.82) is 0 Å². The number of nitrogens with one attached hydrogen (secondary N) is 2. The van der Waals surface area contributed by atoms with Crippen LogP contribution < -0.4 is 10.0 Å². The van der Waals surface area contributed by atoms with Crippen molar-refractivity contribution in [2.75, 3.05) is 6.54 Å². The molecule has 5 nitrogen and oxygen atoms in total. The van der Waals surface area contributed by atoms with Crippen LogP contribution in [-0.4, -0.2) is 20.9 Å². The molecule has 1 atom stereocenters. The minimum absolute atomic E-state index is 0.339. The number of hydrogen-bond acceptors (Lipinski definition) is 3. The van der Waals surface area contributed by atoms with Crippen LogP contribution in [0.25, 0.3) is 0 Å². The minimum Gasteiger partial charge on any atom is -0.348 e. The van der Waals surface area contributed by atoms with Crippen LogP contribution in [0.2, 0.25) is 0 Å². The molecule has 24 heavy (non-hydrogen) atoms. The highest BCUT2D eigenvalue weighted by Gasteiger charge is 2.24. The quantitative estimate of drug-likeness (QED) is 0.834. The summed E-state index contributed by atoms with van der Waals surface area (Å²) in [5.74, 6) is -3.06. The molecule has 2 aromatic rings. The fraction of sp³-hybridized carbons (Fsp3) is 0.188. The second-order valence-corrected chi connectivity index (χ2v) is 6.78. The molecule has 0 aliphatic heterocycles. The van der Waals surface area contributed by atoms with Gasteiger partial charge in [0, 0.05) is 0 Å². The Kier molecular flexibility index (Phi) is 5.63. The van der Waals surface area contributed by atoms with E-state index in [1.165, 1.54) is 0 Å². The molecular formula is C16H16F2N2O3S. The summed E-state index contributed by atoms with van der Waals surface area (Å²) in [5, 5.41) is 2.60. The zero-order valence-electron chi connectivity index (χ0n) is 12.8. The Morgan fingerprint density at radius 1 is 1.04 bits per heavy atom. The Balaban J connectivity index is 2.01. The number of hydrogen-bond donors (Lipinski definition) is 2. The lowest BCUT2D eigenvalue weighted by molar-refractivity contribution is -0.120. The topological polar surface area (TPSA) is 75.3 Å². The summed E-state index contributed by atoms with van der Waals surface area (Å²) < 4.78 is 52.9. The van der Waals surface area contributed by atoms with E-state index in [0.29, 0.717) is 0 Å². The van der Waals surface area contributed by atoms with Crippen LogP contribution in [0.5, 0.6) is 0 Å². The molecule has 0 bridgehead atoms. The summed E-state index contributed by atoms with van der Waals surface area (Å²) >= 11 is 0. The van der Waals surface area contributed by atoms with Gasteiger partial charge in [-0.25, -0.2) is 21.9 Å². The minimum atomic E-state index is -4.48. The maximum absolute atomic E-state index is 13.5. The van der Waals surface area contributed by atoms with Crippen molar-refractivity contribution in [3.05, 3.63) is 65.7 Å². The third-order valence-electron chi connectivity index (χ3n) is 3.29. The lowest BCUT2D eigenvalue weighted by atomic mass is 10.1. The molecule has 128 valence electrons. The Hall–Kier alpha value is -2.32. The Bertz CT molecular complexity index is 806. The second kappa shape index (κ2) is 7.50. The van der Waals surface area contributed by atoms with E-state index in [-0.39, 0.29) is 6.04 Å². The van der Waals surface area contributed by atoms with Gasteiger partial charge in [-0.05, 0) is 24.6 Å². The van der Waals surface area contributed by atoms with Gasteiger partial charge >= 0.3 is 0 Å². The SMILES string of the molecule is C[C@H](NC(=O)CNS(=O)(=O)c1c(F)cccc1F)c1ccccc1. The molecule has 2 aromatic carbocycles. The van der Waals surface area contributed by atoms with Gasteiger partial charge in [-0.1, -0.05) is 36.4 Å². The Labute approximate surface area is 138 Å². The Morgan fingerprint density at radius 3 is 2.21 bits per heavy atom. The molecule has 0 aromatic heterocycles. The molecule has 0 unspecified atom stereocenters. The van der Waals surface area contributed by atoms with Gasteiger partial charge in [-0.3, -0.25) is 4.79 Å². The highest BCUT2D eigenvalue weighted by atomic mass is 32.2. The fourth-order valence-electron chi connectivity index (χ4n) is 2.09.